The predicted octanol–water partition coefficient (Wildman–Crippen LogP) is 2.47. The van der Waals surface area contributed by atoms with Crippen LogP contribution in [0.25, 0.3) is 4.96 Å². The molecular formula is C14H19N5OS. The van der Waals surface area contributed by atoms with Gasteiger partial charge < -0.3 is 4.90 Å². The Morgan fingerprint density at radius 3 is 2.90 bits per heavy atom. The molecule has 1 unspecified atom stereocenters. The fraction of sp³-hybridized carbons (Fsp3) is 0.714. The van der Waals surface area contributed by atoms with E-state index in [1.54, 1.807) is 4.52 Å². The fourth-order valence-electron chi connectivity index (χ4n) is 3.13. The van der Waals surface area contributed by atoms with E-state index in [1.807, 2.05) is 4.90 Å². The molecule has 3 heterocycles. The van der Waals surface area contributed by atoms with E-state index in [1.165, 1.54) is 17.8 Å². The van der Waals surface area contributed by atoms with Gasteiger partial charge in [-0.3, -0.25) is 4.79 Å². The van der Waals surface area contributed by atoms with Crippen molar-refractivity contribution in [1.29, 1.82) is 0 Å². The van der Waals surface area contributed by atoms with Crippen molar-refractivity contribution in [1.82, 2.24) is 24.7 Å². The summed E-state index contributed by atoms with van der Waals surface area (Å²) in [7, 11) is 0. The first-order valence-electron chi connectivity index (χ1n) is 7.81. The number of likely N-dealkylation sites (tertiary alicyclic amines) is 1. The minimum Gasteiger partial charge on any atom is -0.334 e. The number of fused-ring (bicyclic) bond motifs is 1. The predicted molar refractivity (Wildman–Crippen MR) is 79.6 cm³/mol. The van der Waals surface area contributed by atoms with Gasteiger partial charge in [-0.2, -0.15) is 4.52 Å². The van der Waals surface area contributed by atoms with Crippen molar-refractivity contribution in [2.24, 2.45) is 0 Å². The van der Waals surface area contributed by atoms with Gasteiger partial charge in [0.05, 0.1) is 0 Å². The highest BCUT2D eigenvalue weighted by atomic mass is 32.1. The highest BCUT2D eigenvalue weighted by molar-refractivity contribution is 7.18. The van der Waals surface area contributed by atoms with Crippen molar-refractivity contribution in [3.05, 3.63) is 10.8 Å². The van der Waals surface area contributed by atoms with Gasteiger partial charge in [0.1, 0.15) is 0 Å². The SMILES string of the molecule is CCC1CCCCN1C(=O)c1nn2c(C3CC3)nnc2s1. The zero-order chi connectivity index (χ0) is 14.4. The van der Waals surface area contributed by atoms with Gasteiger partial charge in [0.25, 0.3) is 5.91 Å². The lowest BCUT2D eigenvalue weighted by Crippen LogP contribution is -2.43. The summed E-state index contributed by atoms with van der Waals surface area (Å²) in [6.45, 7) is 3.01. The number of amides is 1. The number of carbonyl (C=O) groups excluding carboxylic acids is 1. The van der Waals surface area contributed by atoms with Crippen LogP contribution in [0.5, 0.6) is 0 Å². The van der Waals surface area contributed by atoms with Crippen LogP contribution in [0.3, 0.4) is 0 Å². The lowest BCUT2D eigenvalue weighted by molar-refractivity contribution is 0.0606. The molecule has 0 aromatic carbocycles. The van der Waals surface area contributed by atoms with E-state index in [0.717, 1.165) is 49.4 Å². The van der Waals surface area contributed by atoms with E-state index in [0.29, 0.717) is 17.0 Å². The highest BCUT2D eigenvalue weighted by Gasteiger charge is 2.32. The van der Waals surface area contributed by atoms with Gasteiger partial charge in [-0.05, 0) is 38.5 Å². The average molecular weight is 305 g/mol. The third-order valence-electron chi connectivity index (χ3n) is 4.50. The van der Waals surface area contributed by atoms with Crippen molar-refractivity contribution in [3.63, 3.8) is 0 Å². The minimum atomic E-state index is 0.0683. The molecule has 6 nitrogen and oxygen atoms in total. The molecule has 1 saturated heterocycles. The molecule has 2 fully saturated rings. The van der Waals surface area contributed by atoms with Gasteiger partial charge in [0, 0.05) is 18.5 Å². The van der Waals surface area contributed by atoms with Gasteiger partial charge >= 0.3 is 0 Å². The summed E-state index contributed by atoms with van der Waals surface area (Å²) in [6.07, 6.45) is 6.76. The third-order valence-corrected chi connectivity index (χ3v) is 5.39. The number of carbonyl (C=O) groups is 1. The van der Waals surface area contributed by atoms with E-state index < -0.39 is 0 Å². The lowest BCUT2D eigenvalue weighted by atomic mass is 10.00. The Kier molecular flexibility index (Phi) is 3.17. The second-order valence-electron chi connectivity index (χ2n) is 5.99. The lowest BCUT2D eigenvalue weighted by Gasteiger charge is -2.34. The molecule has 2 aromatic rings. The Balaban J connectivity index is 1.64. The summed E-state index contributed by atoms with van der Waals surface area (Å²) in [4.78, 5) is 15.5. The monoisotopic (exact) mass is 305 g/mol. The van der Waals surface area contributed by atoms with Gasteiger partial charge in [-0.25, -0.2) is 0 Å². The topological polar surface area (TPSA) is 63.4 Å². The summed E-state index contributed by atoms with van der Waals surface area (Å²) in [5, 5.41) is 13.4. The molecule has 1 aliphatic heterocycles. The van der Waals surface area contributed by atoms with E-state index in [9.17, 15) is 4.79 Å². The molecule has 1 aliphatic carbocycles. The quantitative estimate of drug-likeness (QED) is 0.874. The van der Waals surface area contributed by atoms with Crippen molar-refractivity contribution >= 4 is 22.2 Å². The smallest absolute Gasteiger partial charge is 0.285 e. The zero-order valence-corrected chi connectivity index (χ0v) is 13.0. The first-order chi connectivity index (χ1) is 10.3. The number of hydrogen-bond donors (Lipinski definition) is 0. The number of aromatic nitrogens is 4. The molecular weight excluding hydrogens is 286 g/mol. The standard InChI is InChI=1S/C14H19N5OS/c1-2-10-5-3-4-8-18(10)13(20)12-17-19-11(9-6-7-9)15-16-14(19)21-12/h9-10H,2-8H2,1H3. The fourth-order valence-corrected chi connectivity index (χ4v) is 3.93. The second kappa shape index (κ2) is 5.05. The normalized spacial score (nSPS) is 22.9. The summed E-state index contributed by atoms with van der Waals surface area (Å²) in [5.41, 5.74) is 0. The molecule has 0 radical (unpaired) electrons. The number of hydrogen-bond acceptors (Lipinski definition) is 5. The molecule has 0 bridgehead atoms. The highest BCUT2D eigenvalue weighted by Crippen LogP contribution is 2.39. The summed E-state index contributed by atoms with van der Waals surface area (Å²) in [6, 6.07) is 0.364. The maximum absolute atomic E-state index is 12.7. The first kappa shape index (κ1) is 13.2. The average Bonchev–Trinajstić information content (AvgIpc) is 3.14. The zero-order valence-electron chi connectivity index (χ0n) is 12.2. The van der Waals surface area contributed by atoms with Crippen molar-refractivity contribution in [3.8, 4) is 0 Å². The third kappa shape index (κ3) is 2.23. The Morgan fingerprint density at radius 1 is 1.29 bits per heavy atom. The Labute approximate surface area is 127 Å². The van der Waals surface area contributed by atoms with Crippen LogP contribution in [0.1, 0.15) is 67.0 Å². The van der Waals surface area contributed by atoms with Crippen LogP contribution in [0.4, 0.5) is 0 Å². The van der Waals surface area contributed by atoms with Crippen LogP contribution in [-0.2, 0) is 0 Å². The summed E-state index contributed by atoms with van der Waals surface area (Å²) in [5.74, 6) is 1.48. The molecule has 4 rings (SSSR count). The van der Waals surface area contributed by atoms with E-state index >= 15 is 0 Å². The van der Waals surface area contributed by atoms with Gasteiger partial charge in [0.2, 0.25) is 9.97 Å². The van der Waals surface area contributed by atoms with Crippen LogP contribution in [-0.4, -0.2) is 43.2 Å². The van der Waals surface area contributed by atoms with Gasteiger partial charge in [-0.15, -0.1) is 15.3 Å². The summed E-state index contributed by atoms with van der Waals surface area (Å²) >= 11 is 1.36. The molecule has 112 valence electrons. The van der Waals surface area contributed by atoms with Gasteiger partial charge in [-0.1, -0.05) is 18.3 Å². The summed E-state index contributed by atoms with van der Waals surface area (Å²) < 4.78 is 1.78. The number of piperidine rings is 1. The van der Waals surface area contributed by atoms with Crippen molar-refractivity contribution in [2.75, 3.05) is 6.54 Å². The number of nitrogens with zero attached hydrogens (tertiary/aromatic N) is 5. The van der Waals surface area contributed by atoms with Crippen LogP contribution >= 0.6 is 11.3 Å². The van der Waals surface area contributed by atoms with Crippen LogP contribution in [0.2, 0.25) is 0 Å². The second-order valence-corrected chi connectivity index (χ2v) is 6.95. The van der Waals surface area contributed by atoms with Crippen molar-refractivity contribution in [2.45, 2.75) is 57.4 Å². The van der Waals surface area contributed by atoms with Gasteiger partial charge in [0.15, 0.2) is 5.82 Å². The number of rotatable bonds is 3. The molecule has 1 amide bonds. The first-order valence-corrected chi connectivity index (χ1v) is 8.62. The van der Waals surface area contributed by atoms with Crippen LogP contribution in [0.15, 0.2) is 0 Å². The molecule has 21 heavy (non-hydrogen) atoms. The van der Waals surface area contributed by atoms with Crippen molar-refractivity contribution < 1.29 is 4.79 Å². The van der Waals surface area contributed by atoms with E-state index in [2.05, 4.69) is 22.2 Å². The minimum absolute atomic E-state index is 0.0683. The molecule has 0 N–H and O–H groups in total. The Hall–Kier alpha value is -1.50. The van der Waals surface area contributed by atoms with Crippen LogP contribution < -0.4 is 0 Å². The van der Waals surface area contributed by atoms with E-state index in [-0.39, 0.29) is 5.91 Å². The molecule has 0 spiro atoms. The van der Waals surface area contributed by atoms with Crippen LogP contribution in [0, 0.1) is 0 Å². The molecule has 2 aromatic heterocycles. The van der Waals surface area contributed by atoms with E-state index in [4.69, 9.17) is 0 Å². The molecule has 1 saturated carbocycles. The molecule has 1 atom stereocenters. The molecule has 7 heteroatoms. The Morgan fingerprint density at radius 2 is 2.14 bits per heavy atom. The molecule has 2 aliphatic rings. The maximum atomic E-state index is 12.7. The Bertz CT molecular complexity index is 674. The maximum Gasteiger partial charge on any atom is 0.285 e. The largest absolute Gasteiger partial charge is 0.334 e.